The zero-order valence-corrected chi connectivity index (χ0v) is 18.1. The Morgan fingerprint density at radius 1 is 1.31 bits per heavy atom. The van der Waals surface area contributed by atoms with Crippen LogP contribution in [0.3, 0.4) is 0 Å². The Hall–Kier alpha value is -2.66. The number of aliphatic hydroxyl groups is 2. The third-order valence-corrected chi connectivity index (χ3v) is 5.57. The number of rotatable bonds is 7. The number of aliphatic hydroxyl groups excluding tert-OH is 1. The van der Waals surface area contributed by atoms with E-state index in [4.69, 9.17) is 14.2 Å². The fourth-order valence-corrected chi connectivity index (χ4v) is 3.87. The highest BCUT2D eigenvalue weighted by Crippen LogP contribution is 2.42. The Morgan fingerprint density at radius 3 is 2.66 bits per heavy atom. The van der Waals surface area contributed by atoms with Gasteiger partial charge in [-0.3, -0.25) is 9.78 Å². The van der Waals surface area contributed by atoms with Crippen LogP contribution in [0.5, 0.6) is 5.75 Å². The number of nitrogens with one attached hydrogen (secondary N) is 1. The molecule has 1 aliphatic rings. The van der Waals surface area contributed by atoms with E-state index in [1.807, 2.05) is 0 Å². The van der Waals surface area contributed by atoms with Gasteiger partial charge in [-0.2, -0.15) is 4.39 Å². The molecule has 3 N–H and O–H groups in total. The first-order valence-electron chi connectivity index (χ1n) is 9.95. The summed E-state index contributed by atoms with van der Waals surface area (Å²) in [4.78, 5) is 17.2. The van der Waals surface area contributed by atoms with Crippen molar-refractivity contribution < 1.29 is 38.0 Å². The lowest BCUT2D eigenvalue weighted by Crippen LogP contribution is -2.35. The molecule has 3 rings (SSSR count). The Morgan fingerprint density at radius 2 is 2.03 bits per heavy atom. The first kappa shape index (κ1) is 24.0. The van der Waals surface area contributed by atoms with Gasteiger partial charge in [0.05, 0.1) is 37.5 Å². The monoisotopic (exact) mass is 452 g/mol. The summed E-state index contributed by atoms with van der Waals surface area (Å²) in [6.07, 6.45) is -0.890. The molecule has 1 fully saturated rings. The number of halogens is 2. The highest BCUT2D eigenvalue weighted by Gasteiger charge is 2.48. The predicted octanol–water partition coefficient (Wildman–Crippen LogP) is 2.09. The summed E-state index contributed by atoms with van der Waals surface area (Å²) in [5, 5.41) is 22.3. The molecular weight excluding hydrogens is 426 g/mol. The van der Waals surface area contributed by atoms with Crippen LogP contribution in [0.2, 0.25) is 0 Å². The van der Waals surface area contributed by atoms with E-state index in [1.54, 1.807) is 6.92 Å². The van der Waals surface area contributed by atoms with Crippen molar-refractivity contribution in [3.8, 4) is 5.75 Å². The minimum Gasteiger partial charge on any atom is -0.493 e. The topological polar surface area (TPSA) is 110 Å². The van der Waals surface area contributed by atoms with Gasteiger partial charge in [0.15, 0.2) is 11.6 Å². The fraction of sp³-hybridized carbons (Fsp3) is 0.455. The smallest absolute Gasteiger partial charge is 0.254 e. The van der Waals surface area contributed by atoms with E-state index in [-0.39, 0.29) is 17.0 Å². The zero-order valence-electron chi connectivity index (χ0n) is 18.1. The summed E-state index contributed by atoms with van der Waals surface area (Å²) >= 11 is 0. The van der Waals surface area contributed by atoms with Crippen LogP contribution < -0.4 is 10.1 Å². The molecule has 0 bridgehead atoms. The third-order valence-electron chi connectivity index (χ3n) is 5.57. The van der Waals surface area contributed by atoms with E-state index in [0.717, 1.165) is 6.07 Å². The van der Waals surface area contributed by atoms with Gasteiger partial charge in [0.2, 0.25) is 5.82 Å². The first-order chi connectivity index (χ1) is 15.1. The molecule has 2 aromatic rings. The maximum atomic E-state index is 14.4. The summed E-state index contributed by atoms with van der Waals surface area (Å²) in [6.45, 7) is 2.54. The van der Waals surface area contributed by atoms with Crippen LogP contribution in [0, 0.1) is 11.6 Å². The van der Waals surface area contributed by atoms with Crippen molar-refractivity contribution in [2.45, 2.75) is 43.7 Å². The molecule has 1 amide bonds. The summed E-state index contributed by atoms with van der Waals surface area (Å²) in [5.41, 5.74) is -0.891. The number of pyridine rings is 1. The Balaban J connectivity index is 1.95. The molecule has 1 saturated heterocycles. The maximum Gasteiger partial charge on any atom is 0.254 e. The van der Waals surface area contributed by atoms with Gasteiger partial charge in [0.25, 0.3) is 5.91 Å². The number of nitrogens with zero attached hydrogens (tertiary/aromatic N) is 1. The molecule has 10 heteroatoms. The molecule has 32 heavy (non-hydrogen) atoms. The molecule has 0 unspecified atom stereocenters. The lowest BCUT2D eigenvalue weighted by atomic mass is 9.87. The average molecular weight is 452 g/mol. The van der Waals surface area contributed by atoms with Crippen LogP contribution in [0.15, 0.2) is 30.5 Å². The number of hydrogen-bond acceptors (Lipinski definition) is 7. The summed E-state index contributed by atoms with van der Waals surface area (Å²) in [6, 6.07) is 5.24. The summed E-state index contributed by atoms with van der Waals surface area (Å²) in [5.74, 6) is -3.91. The van der Waals surface area contributed by atoms with Crippen LogP contribution in [0.4, 0.5) is 14.5 Å². The van der Waals surface area contributed by atoms with E-state index < -0.39 is 54.0 Å². The van der Waals surface area contributed by atoms with Crippen LogP contribution in [0.25, 0.3) is 0 Å². The zero-order chi connectivity index (χ0) is 23.6. The van der Waals surface area contributed by atoms with Crippen molar-refractivity contribution in [3.05, 3.63) is 53.4 Å². The van der Waals surface area contributed by atoms with E-state index in [0.29, 0.717) is 5.69 Å². The Bertz CT molecular complexity index is 987. The standard InChI is InChI=1S/C22H26F2N2O6/c1-11-18(30-3)16(13-5-6-14(23)17(24)19(13)31-4)20(32-11)21(28)26-12-7-8-25-15(9-12)22(2,29)10-27/h5-9,11,16,18,20,27,29H,10H2,1-4H3,(H,25,26,28)/t11-,16+,18+,20+,22-/m0/s1. The largest absolute Gasteiger partial charge is 0.493 e. The number of aromatic nitrogens is 1. The van der Waals surface area contributed by atoms with Crippen molar-refractivity contribution in [3.63, 3.8) is 0 Å². The molecule has 0 spiro atoms. The van der Waals surface area contributed by atoms with Gasteiger partial charge in [0.1, 0.15) is 11.7 Å². The number of ether oxygens (including phenoxy) is 3. The number of benzene rings is 1. The fourth-order valence-electron chi connectivity index (χ4n) is 3.87. The van der Waals surface area contributed by atoms with Crippen molar-refractivity contribution in [1.29, 1.82) is 0 Å². The SMILES string of the molecule is COc1c([C@@H]2[C@H](OC)[C@H](C)O[C@H]2C(=O)Nc2ccnc([C@@](C)(O)CO)c2)ccc(F)c1F. The lowest BCUT2D eigenvalue weighted by molar-refractivity contribution is -0.127. The second-order valence-electron chi connectivity index (χ2n) is 7.82. The average Bonchev–Trinajstić information content (AvgIpc) is 3.11. The Kier molecular flexibility index (Phi) is 7.09. The highest BCUT2D eigenvalue weighted by molar-refractivity contribution is 5.95. The molecule has 2 heterocycles. The van der Waals surface area contributed by atoms with Gasteiger partial charge in [-0.25, -0.2) is 4.39 Å². The van der Waals surface area contributed by atoms with Gasteiger partial charge >= 0.3 is 0 Å². The van der Waals surface area contributed by atoms with Gasteiger partial charge in [0, 0.05) is 24.6 Å². The molecule has 174 valence electrons. The predicted molar refractivity (Wildman–Crippen MR) is 110 cm³/mol. The van der Waals surface area contributed by atoms with Gasteiger partial charge in [-0.15, -0.1) is 0 Å². The van der Waals surface area contributed by atoms with Gasteiger partial charge in [-0.1, -0.05) is 6.07 Å². The molecule has 1 aromatic carbocycles. The van der Waals surface area contributed by atoms with Crippen LogP contribution in [0.1, 0.15) is 31.0 Å². The number of carbonyl (C=O) groups is 1. The summed E-state index contributed by atoms with van der Waals surface area (Å²) < 4.78 is 44.6. The normalized spacial score (nSPS) is 24.8. The van der Waals surface area contributed by atoms with Gasteiger partial charge in [-0.05, 0) is 32.0 Å². The molecule has 8 nitrogen and oxygen atoms in total. The van der Waals surface area contributed by atoms with E-state index in [9.17, 15) is 23.8 Å². The molecular formula is C22H26F2N2O6. The second kappa shape index (κ2) is 9.45. The lowest BCUT2D eigenvalue weighted by Gasteiger charge is -2.25. The van der Waals surface area contributed by atoms with E-state index >= 15 is 0 Å². The molecule has 0 radical (unpaired) electrons. The molecule has 1 aromatic heterocycles. The van der Waals surface area contributed by atoms with Crippen molar-refractivity contribution in [2.24, 2.45) is 0 Å². The van der Waals surface area contributed by atoms with E-state index in [2.05, 4.69) is 10.3 Å². The second-order valence-corrected chi connectivity index (χ2v) is 7.82. The molecule has 5 atom stereocenters. The molecule has 1 aliphatic heterocycles. The van der Waals surface area contributed by atoms with Crippen LogP contribution >= 0.6 is 0 Å². The van der Waals surface area contributed by atoms with Crippen molar-refractivity contribution in [2.75, 3.05) is 26.1 Å². The molecule has 0 saturated carbocycles. The van der Waals surface area contributed by atoms with Crippen molar-refractivity contribution in [1.82, 2.24) is 4.98 Å². The number of hydrogen-bond donors (Lipinski definition) is 3. The number of anilines is 1. The van der Waals surface area contributed by atoms with E-state index in [1.165, 1.54) is 45.5 Å². The number of amides is 1. The van der Waals surface area contributed by atoms with Crippen LogP contribution in [-0.4, -0.2) is 60.2 Å². The highest BCUT2D eigenvalue weighted by atomic mass is 19.2. The third kappa shape index (κ3) is 4.44. The quantitative estimate of drug-likeness (QED) is 0.590. The number of methoxy groups -OCH3 is 2. The maximum absolute atomic E-state index is 14.4. The minimum atomic E-state index is -1.60. The minimum absolute atomic E-state index is 0.159. The Labute approximate surface area is 184 Å². The summed E-state index contributed by atoms with van der Waals surface area (Å²) in [7, 11) is 2.65. The molecule has 0 aliphatic carbocycles. The number of carbonyl (C=O) groups excluding carboxylic acids is 1. The van der Waals surface area contributed by atoms with Crippen LogP contribution in [-0.2, 0) is 19.9 Å². The van der Waals surface area contributed by atoms with Crippen molar-refractivity contribution >= 4 is 11.6 Å². The van der Waals surface area contributed by atoms with Gasteiger partial charge < -0.3 is 29.7 Å². The first-order valence-corrected chi connectivity index (χ1v) is 9.95.